The number of nitrogens with one attached hydrogen (secondary N) is 2. The highest BCUT2D eigenvalue weighted by Crippen LogP contribution is 2.54. The van der Waals surface area contributed by atoms with Crippen molar-refractivity contribution in [2.24, 2.45) is 11.8 Å². The molecule has 34 heavy (non-hydrogen) atoms. The largest absolute Gasteiger partial charge is 0.416 e. The number of fused-ring (bicyclic) bond motifs is 4. The Labute approximate surface area is 202 Å². The van der Waals surface area contributed by atoms with Crippen molar-refractivity contribution in [3.05, 3.63) is 58.6 Å². The lowest BCUT2D eigenvalue weighted by molar-refractivity contribution is -0.137. The molecule has 5 rings (SSSR count). The third-order valence-corrected chi connectivity index (χ3v) is 7.73. The molecule has 1 spiro atoms. The first kappa shape index (κ1) is 23.2. The number of hydrogen-bond acceptors (Lipinski definition) is 5. The van der Waals surface area contributed by atoms with E-state index in [0.717, 1.165) is 17.0 Å². The van der Waals surface area contributed by atoms with Crippen LogP contribution in [-0.4, -0.2) is 35.8 Å². The number of alkyl halides is 3. The Morgan fingerprint density at radius 2 is 1.85 bits per heavy atom. The molecule has 0 saturated carbocycles. The molecule has 0 aliphatic carbocycles. The van der Waals surface area contributed by atoms with E-state index in [2.05, 4.69) is 10.6 Å². The van der Waals surface area contributed by atoms with Crippen LogP contribution in [0.15, 0.2) is 42.5 Å². The lowest BCUT2D eigenvalue weighted by Crippen LogP contribution is -2.53. The number of rotatable bonds is 4. The second kappa shape index (κ2) is 8.00. The summed E-state index contributed by atoms with van der Waals surface area (Å²) in [5, 5.41) is 5.91. The molecule has 178 valence electrons. The zero-order valence-corrected chi connectivity index (χ0v) is 19.4. The highest BCUT2D eigenvalue weighted by Gasteiger charge is 2.70. The van der Waals surface area contributed by atoms with Gasteiger partial charge in [0.25, 0.3) is 0 Å². The molecular formula is C23H19ClF3N3O3S. The Bertz CT molecular complexity index is 1220. The first-order valence-corrected chi connectivity index (χ1v) is 12.3. The van der Waals surface area contributed by atoms with Gasteiger partial charge in [-0.3, -0.25) is 19.7 Å². The van der Waals surface area contributed by atoms with Gasteiger partial charge in [-0.1, -0.05) is 29.8 Å². The minimum Gasteiger partial charge on any atom is -0.324 e. The monoisotopic (exact) mass is 509 g/mol. The van der Waals surface area contributed by atoms with Crippen molar-refractivity contribution in [1.82, 2.24) is 5.32 Å². The van der Waals surface area contributed by atoms with Crippen LogP contribution in [0.2, 0.25) is 5.02 Å². The Kier molecular flexibility index (Phi) is 5.46. The fraction of sp³-hybridized carbons (Fsp3) is 0.348. The summed E-state index contributed by atoms with van der Waals surface area (Å²) in [7, 11) is 0. The van der Waals surface area contributed by atoms with Gasteiger partial charge < -0.3 is 5.32 Å². The molecule has 2 aromatic rings. The van der Waals surface area contributed by atoms with Gasteiger partial charge in [0.15, 0.2) is 0 Å². The van der Waals surface area contributed by atoms with Crippen LogP contribution in [0.5, 0.6) is 0 Å². The van der Waals surface area contributed by atoms with Crippen molar-refractivity contribution in [2.45, 2.75) is 24.2 Å². The predicted molar refractivity (Wildman–Crippen MR) is 123 cm³/mol. The molecule has 0 radical (unpaired) electrons. The summed E-state index contributed by atoms with van der Waals surface area (Å²) in [6, 6.07) is 8.89. The highest BCUT2D eigenvalue weighted by atomic mass is 35.5. The topological polar surface area (TPSA) is 78.5 Å². The Morgan fingerprint density at radius 3 is 2.56 bits per heavy atom. The zero-order chi connectivity index (χ0) is 24.4. The number of carbonyl (C=O) groups is 3. The van der Waals surface area contributed by atoms with Gasteiger partial charge in [0, 0.05) is 17.3 Å². The molecule has 2 fully saturated rings. The third kappa shape index (κ3) is 3.19. The van der Waals surface area contributed by atoms with Crippen LogP contribution in [-0.2, 0) is 26.1 Å². The van der Waals surface area contributed by atoms with E-state index in [0.29, 0.717) is 29.5 Å². The second-order valence-electron chi connectivity index (χ2n) is 8.52. The number of para-hydroxylation sites is 1. The van der Waals surface area contributed by atoms with Crippen molar-refractivity contribution in [1.29, 1.82) is 0 Å². The van der Waals surface area contributed by atoms with Crippen molar-refractivity contribution in [2.75, 3.05) is 22.2 Å². The summed E-state index contributed by atoms with van der Waals surface area (Å²) in [6.07, 6.45) is -2.30. The fourth-order valence-corrected chi connectivity index (χ4v) is 6.04. The molecule has 2 saturated heterocycles. The van der Waals surface area contributed by atoms with Crippen LogP contribution in [0.3, 0.4) is 0 Å². The van der Waals surface area contributed by atoms with Crippen molar-refractivity contribution >= 4 is 52.5 Å². The number of halogens is 4. The summed E-state index contributed by atoms with van der Waals surface area (Å²) >= 11 is 7.73. The number of benzene rings is 2. The SMILES string of the molecule is CSCCC1NC2(C(=O)Nc3ccccc32)C2C(=O)N(c3cc(C(F)(F)F)ccc3Cl)C(=O)C12. The minimum atomic E-state index is -4.69. The number of nitrogens with zero attached hydrogens (tertiary/aromatic N) is 1. The van der Waals surface area contributed by atoms with E-state index in [9.17, 15) is 27.6 Å². The molecular weight excluding hydrogens is 491 g/mol. The van der Waals surface area contributed by atoms with Gasteiger partial charge in [-0.25, -0.2) is 4.90 Å². The van der Waals surface area contributed by atoms with Gasteiger partial charge in [0.05, 0.1) is 28.1 Å². The van der Waals surface area contributed by atoms with Crippen LogP contribution in [0, 0.1) is 11.8 Å². The quantitative estimate of drug-likeness (QED) is 0.608. The molecule has 4 unspecified atom stereocenters. The molecule has 0 bridgehead atoms. The van der Waals surface area contributed by atoms with E-state index in [1.165, 1.54) is 0 Å². The van der Waals surface area contributed by atoms with Gasteiger partial charge in [-0.05, 0) is 42.7 Å². The zero-order valence-electron chi connectivity index (χ0n) is 17.8. The average Bonchev–Trinajstić information content (AvgIpc) is 3.37. The molecule has 3 heterocycles. The second-order valence-corrected chi connectivity index (χ2v) is 9.91. The molecule has 3 amide bonds. The number of imide groups is 1. The lowest BCUT2D eigenvalue weighted by atomic mass is 9.76. The first-order valence-electron chi connectivity index (χ1n) is 10.5. The standard InChI is InChI=1S/C23H19ClF3N3O3S/c1-34-9-8-15-17-18(22(29-15)12-4-2-3-5-14(12)28-21(22)33)20(32)30(19(17)31)16-10-11(23(25,26)27)6-7-13(16)24/h2-7,10,15,17-18,29H,8-9H2,1H3,(H,28,33). The summed E-state index contributed by atoms with van der Waals surface area (Å²) in [5.41, 5.74) is -1.79. The Hall–Kier alpha value is -2.56. The van der Waals surface area contributed by atoms with Crippen molar-refractivity contribution in [3.63, 3.8) is 0 Å². The molecule has 6 nitrogen and oxygen atoms in total. The number of thioether (sulfide) groups is 1. The summed E-state index contributed by atoms with van der Waals surface area (Å²) in [6.45, 7) is 0. The van der Waals surface area contributed by atoms with Crippen LogP contribution < -0.4 is 15.5 Å². The van der Waals surface area contributed by atoms with E-state index >= 15 is 0 Å². The van der Waals surface area contributed by atoms with Crippen LogP contribution in [0.25, 0.3) is 0 Å². The number of anilines is 2. The van der Waals surface area contributed by atoms with Crippen molar-refractivity contribution in [3.8, 4) is 0 Å². The Morgan fingerprint density at radius 1 is 1.12 bits per heavy atom. The predicted octanol–water partition coefficient (Wildman–Crippen LogP) is 4.04. The maximum absolute atomic E-state index is 13.8. The lowest BCUT2D eigenvalue weighted by Gasteiger charge is -2.29. The molecule has 0 aromatic heterocycles. The maximum atomic E-state index is 13.8. The normalized spacial score (nSPS) is 28.0. The van der Waals surface area contributed by atoms with Gasteiger partial charge in [0.2, 0.25) is 17.7 Å². The number of amides is 3. The van der Waals surface area contributed by atoms with Crippen LogP contribution in [0.4, 0.5) is 24.5 Å². The van der Waals surface area contributed by atoms with E-state index in [-0.39, 0.29) is 10.7 Å². The van der Waals surface area contributed by atoms with Gasteiger partial charge in [0.1, 0.15) is 5.54 Å². The Balaban J connectivity index is 1.65. The molecule has 4 atom stereocenters. The fourth-order valence-electron chi connectivity index (χ4n) is 5.35. The first-order chi connectivity index (χ1) is 16.1. The molecule has 3 aliphatic heterocycles. The highest BCUT2D eigenvalue weighted by molar-refractivity contribution is 7.98. The van der Waals surface area contributed by atoms with Crippen LogP contribution >= 0.6 is 23.4 Å². The van der Waals surface area contributed by atoms with E-state index in [4.69, 9.17) is 11.6 Å². The molecule has 11 heteroatoms. The number of hydrogen-bond donors (Lipinski definition) is 2. The minimum absolute atomic E-state index is 0.159. The van der Waals surface area contributed by atoms with Gasteiger partial charge in [-0.2, -0.15) is 24.9 Å². The smallest absolute Gasteiger partial charge is 0.324 e. The van der Waals surface area contributed by atoms with E-state index in [1.807, 2.05) is 6.26 Å². The van der Waals surface area contributed by atoms with E-state index < -0.39 is 52.9 Å². The maximum Gasteiger partial charge on any atom is 0.416 e. The van der Waals surface area contributed by atoms with Crippen LogP contribution in [0.1, 0.15) is 17.5 Å². The average molecular weight is 510 g/mol. The number of carbonyl (C=O) groups excluding carboxylic acids is 3. The molecule has 3 aliphatic rings. The molecule has 2 aromatic carbocycles. The summed E-state index contributed by atoms with van der Waals surface area (Å²) in [4.78, 5) is 41.5. The molecule has 2 N–H and O–H groups in total. The van der Waals surface area contributed by atoms with Crippen molar-refractivity contribution < 1.29 is 27.6 Å². The third-order valence-electron chi connectivity index (χ3n) is 6.77. The summed E-state index contributed by atoms with van der Waals surface area (Å²) in [5.74, 6) is -3.27. The van der Waals surface area contributed by atoms with Gasteiger partial charge in [-0.15, -0.1) is 0 Å². The van der Waals surface area contributed by atoms with Gasteiger partial charge >= 0.3 is 6.18 Å². The van der Waals surface area contributed by atoms with E-state index in [1.54, 1.807) is 36.0 Å². The summed E-state index contributed by atoms with van der Waals surface area (Å²) < 4.78 is 40.1.